The fourth-order valence-corrected chi connectivity index (χ4v) is 4.54. The van der Waals surface area contributed by atoms with Crippen LogP contribution >= 0.6 is 11.3 Å². The molecule has 3 atom stereocenters. The molecule has 0 amide bonds. The highest BCUT2D eigenvalue weighted by Gasteiger charge is 2.53. The summed E-state index contributed by atoms with van der Waals surface area (Å²) >= 11 is 1.81. The Morgan fingerprint density at radius 1 is 1.39 bits per heavy atom. The van der Waals surface area contributed by atoms with Crippen LogP contribution in [-0.4, -0.2) is 17.6 Å². The molecule has 3 rings (SSSR count). The fraction of sp³-hybridized carbons (Fsp3) is 0.800. The smallest absolute Gasteiger partial charge is 0.0940 e. The predicted octanol–water partition coefficient (Wildman–Crippen LogP) is 3.49. The van der Waals surface area contributed by atoms with Crippen molar-refractivity contribution in [1.82, 2.24) is 10.3 Å². The molecule has 2 nitrogen and oxygen atoms in total. The minimum atomic E-state index is 0.684. The van der Waals surface area contributed by atoms with Crippen LogP contribution < -0.4 is 5.32 Å². The molecule has 2 saturated carbocycles. The largest absolute Gasteiger partial charge is 0.313 e. The van der Waals surface area contributed by atoms with E-state index in [2.05, 4.69) is 22.6 Å². The van der Waals surface area contributed by atoms with E-state index in [1.54, 1.807) is 0 Å². The Balaban J connectivity index is 1.62. The maximum atomic E-state index is 4.47. The zero-order valence-corrected chi connectivity index (χ0v) is 12.1. The third kappa shape index (κ3) is 2.62. The second-order valence-corrected chi connectivity index (χ2v) is 6.86. The van der Waals surface area contributed by atoms with E-state index in [9.17, 15) is 0 Å². The van der Waals surface area contributed by atoms with Crippen molar-refractivity contribution in [1.29, 1.82) is 0 Å². The molecule has 2 aliphatic carbocycles. The molecule has 1 heterocycles. The number of thiazole rings is 1. The van der Waals surface area contributed by atoms with Gasteiger partial charge in [0.05, 0.1) is 5.01 Å². The maximum absolute atomic E-state index is 4.47. The maximum Gasteiger partial charge on any atom is 0.0940 e. The van der Waals surface area contributed by atoms with E-state index in [-0.39, 0.29) is 0 Å². The number of hydrogen-bond donors (Lipinski definition) is 1. The Kier molecular flexibility index (Phi) is 4.00. The first kappa shape index (κ1) is 12.6. The van der Waals surface area contributed by atoms with Crippen molar-refractivity contribution in [3.05, 3.63) is 16.6 Å². The molecule has 1 aromatic rings. The van der Waals surface area contributed by atoms with Crippen LogP contribution in [0.5, 0.6) is 0 Å². The van der Waals surface area contributed by atoms with E-state index in [0.717, 1.165) is 30.7 Å². The van der Waals surface area contributed by atoms with Gasteiger partial charge in [-0.1, -0.05) is 19.8 Å². The van der Waals surface area contributed by atoms with Crippen LogP contribution in [-0.2, 0) is 6.42 Å². The lowest BCUT2D eigenvalue weighted by molar-refractivity contribution is 0.427. The van der Waals surface area contributed by atoms with Crippen LogP contribution in [0, 0.1) is 17.8 Å². The van der Waals surface area contributed by atoms with Crippen LogP contribution in [0.1, 0.15) is 44.0 Å². The zero-order chi connectivity index (χ0) is 12.4. The molecule has 2 fully saturated rings. The molecule has 0 spiro atoms. The quantitative estimate of drug-likeness (QED) is 0.851. The average molecular weight is 264 g/mol. The first-order valence-corrected chi connectivity index (χ1v) is 8.40. The van der Waals surface area contributed by atoms with Crippen molar-refractivity contribution in [3.63, 3.8) is 0 Å². The minimum Gasteiger partial charge on any atom is -0.313 e. The van der Waals surface area contributed by atoms with Gasteiger partial charge in [-0.3, -0.25) is 0 Å². The average Bonchev–Trinajstić information content (AvgIpc) is 2.90. The first-order valence-electron chi connectivity index (χ1n) is 7.52. The Bertz CT molecular complexity index is 351. The topological polar surface area (TPSA) is 24.9 Å². The normalized spacial score (nSPS) is 31.9. The predicted molar refractivity (Wildman–Crippen MR) is 76.8 cm³/mol. The van der Waals surface area contributed by atoms with Gasteiger partial charge in [0.25, 0.3) is 0 Å². The van der Waals surface area contributed by atoms with E-state index in [1.807, 2.05) is 17.5 Å². The molecule has 0 bridgehead atoms. The van der Waals surface area contributed by atoms with Gasteiger partial charge in [-0.15, -0.1) is 11.3 Å². The lowest BCUT2D eigenvalue weighted by Gasteiger charge is -2.17. The molecule has 0 radical (unpaired) electrons. The summed E-state index contributed by atoms with van der Waals surface area (Å²) in [5.74, 6) is 3.02. The van der Waals surface area contributed by atoms with Gasteiger partial charge in [-0.05, 0) is 43.6 Å². The summed E-state index contributed by atoms with van der Waals surface area (Å²) in [4.78, 5) is 4.47. The third-order valence-electron chi connectivity index (χ3n) is 4.72. The van der Waals surface area contributed by atoms with Gasteiger partial charge in [0, 0.05) is 24.0 Å². The molecule has 1 N–H and O–H groups in total. The van der Waals surface area contributed by atoms with Gasteiger partial charge in [0.1, 0.15) is 0 Å². The summed E-state index contributed by atoms with van der Waals surface area (Å²) in [5, 5.41) is 7.21. The summed E-state index contributed by atoms with van der Waals surface area (Å²) in [6.07, 6.45) is 10.2. The Hall–Kier alpha value is -0.410. The van der Waals surface area contributed by atoms with E-state index in [0.29, 0.717) is 6.04 Å². The molecule has 0 aromatic carbocycles. The van der Waals surface area contributed by atoms with E-state index in [1.165, 1.54) is 37.1 Å². The Morgan fingerprint density at radius 2 is 2.17 bits per heavy atom. The van der Waals surface area contributed by atoms with Gasteiger partial charge in [0.2, 0.25) is 0 Å². The molecule has 3 heteroatoms. The number of aromatic nitrogens is 1. The SMILES string of the molecule is CCCNC(Cc1nccs1)C1C2CCCCC21. The number of nitrogens with zero attached hydrogens (tertiary/aromatic N) is 1. The molecule has 2 aliphatic rings. The minimum absolute atomic E-state index is 0.684. The Morgan fingerprint density at radius 3 is 2.78 bits per heavy atom. The van der Waals surface area contributed by atoms with E-state index < -0.39 is 0 Å². The van der Waals surface area contributed by atoms with E-state index in [4.69, 9.17) is 0 Å². The lowest BCUT2D eigenvalue weighted by Crippen LogP contribution is -2.34. The summed E-state index contributed by atoms with van der Waals surface area (Å²) in [6.45, 7) is 3.42. The van der Waals surface area contributed by atoms with Gasteiger partial charge in [0.15, 0.2) is 0 Å². The number of nitrogens with one attached hydrogen (secondary N) is 1. The molecular formula is C15H24N2S. The summed E-state index contributed by atoms with van der Waals surface area (Å²) in [7, 11) is 0. The highest BCUT2D eigenvalue weighted by molar-refractivity contribution is 7.09. The summed E-state index contributed by atoms with van der Waals surface area (Å²) < 4.78 is 0. The van der Waals surface area contributed by atoms with Crippen molar-refractivity contribution >= 4 is 11.3 Å². The zero-order valence-electron chi connectivity index (χ0n) is 11.3. The van der Waals surface area contributed by atoms with Gasteiger partial charge >= 0.3 is 0 Å². The Labute approximate surface area is 114 Å². The van der Waals surface area contributed by atoms with E-state index >= 15 is 0 Å². The van der Waals surface area contributed by atoms with Crippen LogP contribution in [0.3, 0.4) is 0 Å². The van der Waals surface area contributed by atoms with Crippen molar-refractivity contribution < 1.29 is 0 Å². The standard InChI is InChI=1S/C15H24N2S/c1-2-7-16-13(10-14-17-8-9-18-14)15-11-5-3-4-6-12(11)15/h8-9,11-13,15-16H,2-7,10H2,1H3. The molecule has 1 aromatic heterocycles. The highest BCUT2D eigenvalue weighted by Crippen LogP contribution is 2.57. The molecule has 100 valence electrons. The van der Waals surface area contributed by atoms with Crippen molar-refractivity contribution in [2.45, 2.75) is 51.5 Å². The third-order valence-corrected chi connectivity index (χ3v) is 5.52. The summed E-state index contributed by atoms with van der Waals surface area (Å²) in [5.41, 5.74) is 0. The van der Waals surface area contributed by atoms with Crippen LogP contribution in [0.25, 0.3) is 0 Å². The highest BCUT2D eigenvalue weighted by atomic mass is 32.1. The second kappa shape index (κ2) is 5.70. The van der Waals surface area contributed by atoms with Crippen LogP contribution in [0.2, 0.25) is 0 Å². The fourth-order valence-electron chi connectivity index (χ4n) is 3.86. The number of hydrogen-bond acceptors (Lipinski definition) is 3. The second-order valence-electron chi connectivity index (χ2n) is 5.88. The van der Waals surface area contributed by atoms with Crippen molar-refractivity contribution in [2.24, 2.45) is 17.8 Å². The number of fused-ring (bicyclic) bond motifs is 1. The van der Waals surface area contributed by atoms with Gasteiger partial charge < -0.3 is 5.32 Å². The van der Waals surface area contributed by atoms with Crippen LogP contribution in [0.4, 0.5) is 0 Å². The molecule has 18 heavy (non-hydrogen) atoms. The van der Waals surface area contributed by atoms with Crippen molar-refractivity contribution in [2.75, 3.05) is 6.54 Å². The number of rotatable bonds is 6. The first-order chi connectivity index (χ1) is 8.90. The van der Waals surface area contributed by atoms with Gasteiger partial charge in [-0.2, -0.15) is 0 Å². The summed E-state index contributed by atoms with van der Waals surface area (Å²) in [6, 6.07) is 0.684. The monoisotopic (exact) mass is 264 g/mol. The lowest BCUT2D eigenvalue weighted by atomic mass is 10.0. The van der Waals surface area contributed by atoms with Crippen LogP contribution in [0.15, 0.2) is 11.6 Å². The molecule has 0 aliphatic heterocycles. The molecule has 0 saturated heterocycles. The molecular weight excluding hydrogens is 240 g/mol. The molecule has 3 unspecified atom stereocenters. The van der Waals surface area contributed by atoms with Crippen molar-refractivity contribution in [3.8, 4) is 0 Å². The van der Waals surface area contributed by atoms with Gasteiger partial charge in [-0.25, -0.2) is 4.98 Å².